The molecule has 1 unspecified atom stereocenters. The summed E-state index contributed by atoms with van der Waals surface area (Å²) in [5, 5.41) is 0. The zero-order chi connectivity index (χ0) is 15.0. The van der Waals surface area contributed by atoms with Gasteiger partial charge in [-0.15, -0.1) is 0 Å². The van der Waals surface area contributed by atoms with Crippen LogP contribution in [0.2, 0.25) is 0 Å². The molecular formula is C14H14N4O2S. The van der Waals surface area contributed by atoms with Crippen LogP contribution >= 0.6 is 0 Å². The molecule has 1 aliphatic rings. The summed E-state index contributed by atoms with van der Waals surface area (Å²) < 4.78 is 26.9. The lowest BCUT2D eigenvalue weighted by Gasteiger charge is -2.30. The number of nitrogens with zero attached hydrogens (tertiary/aromatic N) is 3. The van der Waals surface area contributed by atoms with Crippen LogP contribution in [0.5, 0.6) is 0 Å². The van der Waals surface area contributed by atoms with Gasteiger partial charge in [0.1, 0.15) is 10.7 Å². The molecule has 0 aliphatic carbocycles. The van der Waals surface area contributed by atoms with Gasteiger partial charge in [0.2, 0.25) is 0 Å². The van der Waals surface area contributed by atoms with E-state index in [1.165, 1.54) is 16.6 Å². The van der Waals surface area contributed by atoms with Gasteiger partial charge < -0.3 is 5.73 Å². The number of hydrogen-bond acceptors (Lipinski definition) is 5. The van der Waals surface area contributed by atoms with Gasteiger partial charge in [0, 0.05) is 6.20 Å². The predicted octanol–water partition coefficient (Wildman–Crippen LogP) is 1.67. The van der Waals surface area contributed by atoms with Gasteiger partial charge in [0.25, 0.3) is 10.0 Å². The summed E-state index contributed by atoms with van der Waals surface area (Å²) in [4.78, 5) is 8.43. The number of aromatic nitrogens is 1. The first-order valence-corrected chi connectivity index (χ1v) is 7.85. The van der Waals surface area contributed by atoms with Crippen LogP contribution in [0, 0.1) is 0 Å². The van der Waals surface area contributed by atoms with Crippen LogP contribution in [-0.2, 0) is 10.0 Å². The summed E-state index contributed by atoms with van der Waals surface area (Å²) in [6.45, 7) is 1.69. The maximum Gasteiger partial charge on any atom is 0.273 e. The molecule has 0 amide bonds. The first-order valence-electron chi connectivity index (χ1n) is 6.41. The van der Waals surface area contributed by atoms with E-state index in [1.807, 2.05) is 6.07 Å². The number of fused-ring (bicyclic) bond motifs is 1. The van der Waals surface area contributed by atoms with Crippen molar-refractivity contribution in [1.82, 2.24) is 4.98 Å². The Kier molecular flexibility index (Phi) is 3.23. The van der Waals surface area contributed by atoms with Gasteiger partial charge in [-0.25, -0.2) is 22.7 Å². The van der Waals surface area contributed by atoms with E-state index in [-0.39, 0.29) is 16.5 Å². The van der Waals surface area contributed by atoms with E-state index in [1.54, 1.807) is 37.3 Å². The Balaban J connectivity index is 2.29. The van der Waals surface area contributed by atoms with Crippen LogP contribution in [0.4, 0.5) is 11.5 Å². The largest absolute Gasteiger partial charge is 0.322 e. The van der Waals surface area contributed by atoms with Gasteiger partial charge >= 0.3 is 0 Å². The number of nitrogens with two attached hydrogens (primary N) is 1. The Morgan fingerprint density at radius 3 is 2.52 bits per heavy atom. The molecule has 0 bridgehead atoms. The third-order valence-electron chi connectivity index (χ3n) is 3.10. The fourth-order valence-electron chi connectivity index (χ4n) is 2.16. The first-order chi connectivity index (χ1) is 10.0. The lowest BCUT2D eigenvalue weighted by Crippen LogP contribution is -2.47. The van der Waals surface area contributed by atoms with Gasteiger partial charge in [-0.2, -0.15) is 0 Å². The van der Waals surface area contributed by atoms with Crippen LogP contribution < -0.4 is 10.0 Å². The third kappa shape index (κ3) is 2.20. The average Bonchev–Trinajstić information content (AvgIpc) is 2.47. The smallest absolute Gasteiger partial charge is 0.273 e. The molecule has 0 radical (unpaired) electrons. The summed E-state index contributed by atoms with van der Waals surface area (Å²) in [6.07, 6.45) is 1.51. The van der Waals surface area contributed by atoms with Crippen molar-refractivity contribution in [3.63, 3.8) is 0 Å². The molecular weight excluding hydrogens is 288 g/mol. The first kappa shape index (κ1) is 13.7. The van der Waals surface area contributed by atoms with Crippen molar-refractivity contribution in [2.45, 2.75) is 17.9 Å². The van der Waals surface area contributed by atoms with Crippen molar-refractivity contribution in [2.75, 3.05) is 4.31 Å². The van der Waals surface area contributed by atoms with Crippen LogP contribution in [0.15, 0.2) is 58.5 Å². The molecule has 1 atom stereocenters. The second-order valence-electron chi connectivity index (χ2n) is 4.69. The third-order valence-corrected chi connectivity index (χ3v) is 4.85. The number of benzene rings is 1. The maximum atomic E-state index is 12.9. The number of amidine groups is 1. The van der Waals surface area contributed by atoms with Crippen molar-refractivity contribution in [3.05, 3.63) is 48.7 Å². The molecule has 2 aromatic rings. The van der Waals surface area contributed by atoms with E-state index < -0.39 is 16.1 Å². The minimum Gasteiger partial charge on any atom is -0.322 e. The molecule has 2 heterocycles. The lowest BCUT2D eigenvalue weighted by molar-refractivity contribution is 0.595. The molecule has 0 spiro atoms. The maximum absolute atomic E-state index is 12.9. The SMILES string of the molecule is CC(N)C1=Nc2ncccc2S(=O)(=O)N1c1ccccc1. The normalized spacial score (nSPS) is 17.8. The quantitative estimate of drug-likeness (QED) is 0.914. The molecule has 0 fully saturated rings. The highest BCUT2D eigenvalue weighted by Crippen LogP contribution is 2.34. The zero-order valence-corrected chi connectivity index (χ0v) is 12.2. The molecule has 3 rings (SSSR count). The van der Waals surface area contributed by atoms with Crippen LogP contribution in [0.1, 0.15) is 6.92 Å². The standard InChI is InChI=1S/C14H14N4O2S/c1-10(15)14-17-13-12(8-5-9-16-13)21(19,20)18(14)11-6-3-2-4-7-11/h2-10H,15H2,1H3. The minimum absolute atomic E-state index is 0.0817. The Morgan fingerprint density at radius 1 is 1.14 bits per heavy atom. The molecule has 7 heteroatoms. The molecule has 0 saturated heterocycles. The highest BCUT2D eigenvalue weighted by atomic mass is 32.2. The fourth-order valence-corrected chi connectivity index (χ4v) is 3.79. The van der Waals surface area contributed by atoms with Gasteiger partial charge in [0.15, 0.2) is 5.82 Å². The summed E-state index contributed by atoms with van der Waals surface area (Å²) in [5.41, 5.74) is 6.41. The minimum atomic E-state index is -3.77. The van der Waals surface area contributed by atoms with Gasteiger partial charge in [-0.05, 0) is 31.2 Å². The number of anilines is 1. The summed E-state index contributed by atoms with van der Waals surface area (Å²) in [7, 11) is -3.77. The number of hydrogen-bond donors (Lipinski definition) is 1. The Morgan fingerprint density at radius 2 is 1.86 bits per heavy atom. The van der Waals surface area contributed by atoms with Crippen LogP contribution in [-0.4, -0.2) is 25.3 Å². The molecule has 108 valence electrons. The van der Waals surface area contributed by atoms with E-state index in [0.717, 1.165) is 0 Å². The summed E-state index contributed by atoms with van der Waals surface area (Å²) in [6, 6.07) is 11.3. The van der Waals surface area contributed by atoms with Gasteiger partial charge in [0.05, 0.1) is 11.7 Å². The average molecular weight is 302 g/mol. The molecule has 1 aromatic heterocycles. The number of rotatable bonds is 2. The molecule has 1 aromatic carbocycles. The second-order valence-corrected chi connectivity index (χ2v) is 6.44. The summed E-state index contributed by atoms with van der Waals surface area (Å²) in [5.74, 6) is 0.435. The van der Waals surface area contributed by atoms with Crippen LogP contribution in [0.25, 0.3) is 0 Å². The number of aliphatic imine (C=N–C) groups is 1. The van der Waals surface area contributed by atoms with Crippen molar-refractivity contribution in [1.29, 1.82) is 0 Å². The van der Waals surface area contributed by atoms with Crippen molar-refractivity contribution >= 4 is 27.4 Å². The highest BCUT2D eigenvalue weighted by Gasteiger charge is 2.37. The molecule has 6 nitrogen and oxygen atoms in total. The molecule has 2 N–H and O–H groups in total. The predicted molar refractivity (Wildman–Crippen MR) is 81.1 cm³/mol. The van der Waals surface area contributed by atoms with E-state index >= 15 is 0 Å². The van der Waals surface area contributed by atoms with E-state index in [4.69, 9.17) is 5.73 Å². The van der Waals surface area contributed by atoms with Gasteiger partial charge in [-0.3, -0.25) is 0 Å². The summed E-state index contributed by atoms with van der Waals surface area (Å²) >= 11 is 0. The highest BCUT2D eigenvalue weighted by molar-refractivity contribution is 7.93. The molecule has 0 saturated carbocycles. The Labute approximate surface area is 123 Å². The number of sulfonamides is 1. The number of para-hydroxylation sites is 1. The lowest BCUT2D eigenvalue weighted by atomic mass is 10.2. The monoisotopic (exact) mass is 302 g/mol. The van der Waals surface area contributed by atoms with Crippen LogP contribution in [0.3, 0.4) is 0 Å². The second kappa shape index (κ2) is 4.94. The fraction of sp³-hybridized carbons (Fsp3) is 0.143. The van der Waals surface area contributed by atoms with Crippen molar-refractivity contribution in [2.24, 2.45) is 10.7 Å². The van der Waals surface area contributed by atoms with Crippen molar-refractivity contribution in [3.8, 4) is 0 Å². The van der Waals surface area contributed by atoms with Crippen molar-refractivity contribution < 1.29 is 8.42 Å². The molecule has 1 aliphatic heterocycles. The zero-order valence-electron chi connectivity index (χ0n) is 11.3. The van der Waals surface area contributed by atoms with E-state index in [0.29, 0.717) is 5.69 Å². The van der Waals surface area contributed by atoms with E-state index in [9.17, 15) is 8.42 Å². The Bertz CT molecular complexity index is 801. The van der Waals surface area contributed by atoms with Gasteiger partial charge in [-0.1, -0.05) is 18.2 Å². The topological polar surface area (TPSA) is 88.6 Å². The number of pyridine rings is 1. The van der Waals surface area contributed by atoms with E-state index in [2.05, 4.69) is 9.98 Å². The molecule has 21 heavy (non-hydrogen) atoms. The Hall–Kier alpha value is -2.25.